The highest BCUT2D eigenvalue weighted by Gasteiger charge is 2.24. The average molecular weight is 345 g/mol. The average Bonchev–Trinajstić information content (AvgIpc) is 2.57. The molecule has 0 radical (unpaired) electrons. The first-order valence-corrected chi connectivity index (χ1v) is 10.8. The van der Waals surface area contributed by atoms with Crippen molar-refractivity contribution in [2.45, 2.75) is 41.5 Å². The zero-order valence-corrected chi connectivity index (χ0v) is 17.4. The maximum Gasteiger partial charge on any atom is 0.134 e. The molecule has 0 aliphatic rings. The van der Waals surface area contributed by atoms with Gasteiger partial charge in [-0.1, -0.05) is 88.0 Å². The molecule has 0 fully saturated rings. The van der Waals surface area contributed by atoms with Crippen molar-refractivity contribution in [1.82, 2.24) is 0 Å². The van der Waals surface area contributed by atoms with Crippen molar-refractivity contribution in [2.24, 2.45) is 0 Å². The van der Waals surface area contributed by atoms with Gasteiger partial charge in [0, 0.05) is 0 Å². The molecular weight excluding hydrogens is 316 g/mol. The highest BCUT2D eigenvalue weighted by Crippen LogP contribution is 2.09. The maximum absolute atomic E-state index is 2.43. The molecule has 3 rings (SSSR count). The Morgan fingerprint density at radius 3 is 1.00 bits per heavy atom. The summed E-state index contributed by atoms with van der Waals surface area (Å²) in [6.45, 7) is 13.4. The molecule has 0 atom stereocenters. The van der Waals surface area contributed by atoms with Crippen molar-refractivity contribution < 1.29 is 0 Å². The van der Waals surface area contributed by atoms with E-state index in [4.69, 9.17) is 0 Å². The van der Waals surface area contributed by atoms with E-state index in [2.05, 4.69) is 96.1 Å². The Morgan fingerprint density at radius 1 is 0.440 bits per heavy atom. The highest BCUT2D eigenvalue weighted by atomic mass is 28.3. The molecule has 0 saturated carbocycles. The maximum atomic E-state index is 2.43. The lowest BCUT2D eigenvalue weighted by atomic mass is 10.1. The number of rotatable bonds is 3. The van der Waals surface area contributed by atoms with Crippen molar-refractivity contribution in [1.29, 1.82) is 0 Å². The van der Waals surface area contributed by atoms with Crippen LogP contribution < -0.4 is 15.6 Å². The molecule has 0 aliphatic carbocycles. The SMILES string of the molecule is Cc1ccc(C)c([SiH](c2cc(C)ccc2C)c2cc(C)ccc2C)c1. The fourth-order valence-corrected chi connectivity index (χ4v) is 7.66. The summed E-state index contributed by atoms with van der Waals surface area (Å²) in [5.74, 6) is 0. The van der Waals surface area contributed by atoms with E-state index in [1.165, 1.54) is 33.4 Å². The van der Waals surface area contributed by atoms with Gasteiger partial charge in [-0.3, -0.25) is 0 Å². The zero-order valence-electron chi connectivity index (χ0n) is 16.3. The van der Waals surface area contributed by atoms with Crippen LogP contribution in [0.15, 0.2) is 54.6 Å². The third kappa shape index (κ3) is 3.62. The molecule has 0 amide bonds. The molecule has 3 aromatic carbocycles. The molecule has 25 heavy (non-hydrogen) atoms. The van der Waals surface area contributed by atoms with E-state index >= 15 is 0 Å². The van der Waals surface area contributed by atoms with E-state index in [0.717, 1.165) is 0 Å². The Bertz CT molecular complexity index is 799. The van der Waals surface area contributed by atoms with Gasteiger partial charge in [-0.15, -0.1) is 0 Å². The molecule has 0 spiro atoms. The van der Waals surface area contributed by atoms with Gasteiger partial charge in [0.2, 0.25) is 0 Å². The first-order chi connectivity index (χ1) is 11.9. The van der Waals surface area contributed by atoms with Gasteiger partial charge in [-0.05, 0) is 57.1 Å². The lowest BCUT2D eigenvalue weighted by Crippen LogP contribution is -2.55. The van der Waals surface area contributed by atoms with Crippen LogP contribution in [-0.4, -0.2) is 8.80 Å². The van der Waals surface area contributed by atoms with E-state index in [1.54, 1.807) is 15.6 Å². The number of hydrogen-bond donors (Lipinski definition) is 0. The predicted octanol–water partition coefficient (Wildman–Crippen LogP) is 3.79. The van der Waals surface area contributed by atoms with Crippen molar-refractivity contribution in [3.05, 3.63) is 88.0 Å². The smallest absolute Gasteiger partial charge is 0.0593 e. The van der Waals surface area contributed by atoms with Crippen LogP contribution in [0.2, 0.25) is 0 Å². The van der Waals surface area contributed by atoms with Crippen LogP contribution in [0, 0.1) is 41.5 Å². The van der Waals surface area contributed by atoms with Gasteiger partial charge in [-0.2, -0.15) is 0 Å². The Labute approximate surface area is 154 Å². The number of hydrogen-bond acceptors (Lipinski definition) is 0. The Balaban J connectivity index is 2.34. The molecule has 0 aliphatic heterocycles. The minimum Gasteiger partial charge on any atom is -0.0593 e. The summed E-state index contributed by atoms with van der Waals surface area (Å²) < 4.78 is 0. The second-order valence-corrected chi connectivity index (χ2v) is 10.2. The van der Waals surface area contributed by atoms with E-state index in [9.17, 15) is 0 Å². The molecule has 3 aromatic rings. The second kappa shape index (κ2) is 7.01. The molecule has 0 nitrogen and oxygen atoms in total. The molecule has 0 aromatic heterocycles. The monoisotopic (exact) mass is 344 g/mol. The zero-order chi connectivity index (χ0) is 18.1. The van der Waals surface area contributed by atoms with Gasteiger partial charge in [0.1, 0.15) is 8.80 Å². The minimum absolute atomic E-state index is 1.36. The summed E-state index contributed by atoms with van der Waals surface area (Å²) in [5, 5.41) is 4.67. The van der Waals surface area contributed by atoms with Crippen LogP contribution in [0.4, 0.5) is 0 Å². The molecule has 0 bridgehead atoms. The lowest BCUT2D eigenvalue weighted by Gasteiger charge is -2.24. The molecule has 128 valence electrons. The van der Waals surface area contributed by atoms with Crippen molar-refractivity contribution in [3.63, 3.8) is 0 Å². The molecule has 0 saturated heterocycles. The van der Waals surface area contributed by atoms with E-state index in [0.29, 0.717) is 0 Å². The Kier molecular flexibility index (Phi) is 4.96. The quantitative estimate of drug-likeness (QED) is 0.501. The summed E-state index contributed by atoms with van der Waals surface area (Å²) in [6, 6.07) is 20.9. The summed E-state index contributed by atoms with van der Waals surface area (Å²) in [4.78, 5) is 0. The van der Waals surface area contributed by atoms with E-state index < -0.39 is 8.80 Å². The highest BCUT2D eigenvalue weighted by molar-refractivity contribution is 6.96. The van der Waals surface area contributed by atoms with Crippen LogP contribution in [-0.2, 0) is 0 Å². The fraction of sp³-hybridized carbons (Fsp3) is 0.250. The largest absolute Gasteiger partial charge is 0.134 e. The van der Waals surface area contributed by atoms with Gasteiger partial charge in [0.25, 0.3) is 0 Å². The molecular formula is C24H28Si. The van der Waals surface area contributed by atoms with Gasteiger partial charge in [-0.25, -0.2) is 0 Å². The van der Waals surface area contributed by atoms with Gasteiger partial charge in [0.15, 0.2) is 0 Å². The molecule has 1 heteroatoms. The van der Waals surface area contributed by atoms with Gasteiger partial charge >= 0.3 is 0 Å². The Hall–Kier alpha value is -2.12. The summed E-state index contributed by atoms with van der Waals surface area (Å²) >= 11 is 0. The van der Waals surface area contributed by atoms with Crippen LogP contribution in [0.5, 0.6) is 0 Å². The van der Waals surface area contributed by atoms with Crippen molar-refractivity contribution in [3.8, 4) is 0 Å². The summed E-state index contributed by atoms with van der Waals surface area (Å²) in [5.41, 5.74) is 8.33. The van der Waals surface area contributed by atoms with Crippen LogP contribution in [0.1, 0.15) is 33.4 Å². The predicted molar refractivity (Wildman–Crippen MR) is 114 cm³/mol. The molecule has 0 heterocycles. The summed E-state index contributed by atoms with van der Waals surface area (Å²) in [6.07, 6.45) is 0. The standard InChI is InChI=1S/C24H28Si/c1-16-7-10-19(4)22(13-16)25(23-14-17(2)8-11-20(23)5)24-15-18(3)9-12-21(24)6/h7-15,25H,1-6H3. The van der Waals surface area contributed by atoms with Gasteiger partial charge < -0.3 is 0 Å². The van der Waals surface area contributed by atoms with Crippen molar-refractivity contribution >= 4 is 24.4 Å². The number of benzene rings is 3. The third-order valence-electron chi connectivity index (χ3n) is 5.24. The normalized spacial score (nSPS) is 11.2. The van der Waals surface area contributed by atoms with Crippen molar-refractivity contribution in [2.75, 3.05) is 0 Å². The third-order valence-corrected chi connectivity index (χ3v) is 8.97. The van der Waals surface area contributed by atoms with Gasteiger partial charge in [0.05, 0.1) is 0 Å². The van der Waals surface area contributed by atoms with Crippen LogP contribution >= 0.6 is 0 Å². The second-order valence-electron chi connectivity index (χ2n) is 7.51. The Morgan fingerprint density at radius 2 is 0.720 bits per heavy atom. The van der Waals surface area contributed by atoms with E-state index in [1.807, 2.05) is 0 Å². The lowest BCUT2D eigenvalue weighted by molar-refractivity contribution is 1.40. The summed E-state index contributed by atoms with van der Waals surface area (Å²) in [7, 11) is -1.51. The first kappa shape index (κ1) is 17.7. The van der Waals surface area contributed by atoms with Crippen LogP contribution in [0.3, 0.4) is 0 Å². The first-order valence-electron chi connectivity index (χ1n) is 9.08. The topological polar surface area (TPSA) is 0 Å². The van der Waals surface area contributed by atoms with Crippen LogP contribution in [0.25, 0.3) is 0 Å². The number of aryl methyl sites for hydroxylation is 6. The fourth-order valence-electron chi connectivity index (χ4n) is 3.72. The molecule has 0 unspecified atom stereocenters. The molecule has 0 N–H and O–H groups in total. The minimum atomic E-state index is -1.51. The van der Waals surface area contributed by atoms with E-state index in [-0.39, 0.29) is 0 Å².